The van der Waals surface area contributed by atoms with Gasteiger partial charge in [-0.1, -0.05) is 29.8 Å². The van der Waals surface area contributed by atoms with Crippen molar-refractivity contribution in [2.75, 3.05) is 11.1 Å². The van der Waals surface area contributed by atoms with Gasteiger partial charge in [0.25, 0.3) is 0 Å². The molecule has 0 nitrogen and oxygen atoms in total. The van der Waals surface area contributed by atoms with Crippen molar-refractivity contribution in [3.63, 3.8) is 0 Å². The van der Waals surface area contributed by atoms with Crippen molar-refractivity contribution in [3.05, 3.63) is 0 Å². The molecular formula is C9H17BrS. The summed E-state index contributed by atoms with van der Waals surface area (Å²) in [6.45, 7) is 4.55. The molecule has 0 aromatic heterocycles. The number of alkyl halides is 1. The Kier molecular flexibility index (Phi) is 3.76. The molecule has 11 heavy (non-hydrogen) atoms. The quantitative estimate of drug-likeness (QED) is 0.657. The third-order valence-corrected chi connectivity index (χ3v) is 4.62. The second kappa shape index (κ2) is 4.18. The van der Waals surface area contributed by atoms with Gasteiger partial charge in [-0.15, -0.1) is 0 Å². The third-order valence-electron chi connectivity index (χ3n) is 2.32. The summed E-state index contributed by atoms with van der Waals surface area (Å²) in [5.74, 6) is 1.35. The molecule has 0 N–H and O–H groups in total. The highest BCUT2D eigenvalue weighted by Gasteiger charge is 2.40. The standard InChI is InChI=1S/C9H17BrS/c1-8(2)11-6-5-9(7-10)3-4-9/h8H,3-7H2,1-2H3. The van der Waals surface area contributed by atoms with Crippen LogP contribution in [-0.2, 0) is 0 Å². The minimum Gasteiger partial charge on any atom is -0.159 e. The Morgan fingerprint density at radius 2 is 2.09 bits per heavy atom. The minimum atomic E-state index is 0.724. The Hall–Kier alpha value is 0.830. The summed E-state index contributed by atoms with van der Waals surface area (Å²) in [5.41, 5.74) is 0.724. The van der Waals surface area contributed by atoms with Gasteiger partial charge in [-0.05, 0) is 35.7 Å². The molecule has 1 aliphatic rings. The van der Waals surface area contributed by atoms with Gasteiger partial charge < -0.3 is 0 Å². The third kappa shape index (κ3) is 3.37. The minimum absolute atomic E-state index is 0.724. The highest BCUT2D eigenvalue weighted by atomic mass is 79.9. The Morgan fingerprint density at radius 1 is 1.45 bits per heavy atom. The van der Waals surface area contributed by atoms with Gasteiger partial charge in [-0.25, -0.2) is 0 Å². The van der Waals surface area contributed by atoms with Gasteiger partial charge in [-0.2, -0.15) is 11.8 Å². The fourth-order valence-corrected chi connectivity index (χ4v) is 3.00. The molecule has 1 aliphatic carbocycles. The van der Waals surface area contributed by atoms with E-state index in [9.17, 15) is 0 Å². The van der Waals surface area contributed by atoms with E-state index in [0.29, 0.717) is 0 Å². The fourth-order valence-electron chi connectivity index (χ4n) is 1.14. The lowest BCUT2D eigenvalue weighted by atomic mass is 10.1. The summed E-state index contributed by atoms with van der Waals surface area (Å²) >= 11 is 5.68. The Bertz CT molecular complexity index is 119. The summed E-state index contributed by atoms with van der Waals surface area (Å²) in [4.78, 5) is 0. The van der Waals surface area contributed by atoms with Crippen LogP contribution in [0.3, 0.4) is 0 Å². The lowest BCUT2D eigenvalue weighted by Crippen LogP contribution is -2.04. The zero-order valence-electron chi connectivity index (χ0n) is 7.40. The Morgan fingerprint density at radius 3 is 2.45 bits per heavy atom. The summed E-state index contributed by atoms with van der Waals surface area (Å²) in [7, 11) is 0. The van der Waals surface area contributed by atoms with Gasteiger partial charge >= 0.3 is 0 Å². The molecular weight excluding hydrogens is 220 g/mol. The van der Waals surface area contributed by atoms with Crippen molar-refractivity contribution >= 4 is 27.7 Å². The monoisotopic (exact) mass is 236 g/mol. The smallest absolute Gasteiger partial charge is 0.00882 e. The van der Waals surface area contributed by atoms with Crippen molar-refractivity contribution < 1.29 is 0 Å². The number of hydrogen-bond acceptors (Lipinski definition) is 1. The van der Waals surface area contributed by atoms with Gasteiger partial charge in [0, 0.05) is 5.33 Å². The molecule has 1 saturated carbocycles. The average Bonchev–Trinajstić information content (AvgIpc) is 2.69. The molecule has 0 spiro atoms. The first kappa shape index (κ1) is 9.91. The number of hydrogen-bond donors (Lipinski definition) is 0. The van der Waals surface area contributed by atoms with Crippen LogP contribution in [0.4, 0.5) is 0 Å². The van der Waals surface area contributed by atoms with Crippen LogP contribution in [0.2, 0.25) is 0 Å². The zero-order chi connectivity index (χ0) is 8.32. The molecule has 0 unspecified atom stereocenters. The van der Waals surface area contributed by atoms with Crippen molar-refractivity contribution in [2.45, 2.75) is 38.4 Å². The highest BCUT2D eigenvalue weighted by molar-refractivity contribution is 9.09. The molecule has 0 radical (unpaired) electrons. The second-order valence-electron chi connectivity index (χ2n) is 3.80. The van der Waals surface area contributed by atoms with E-state index in [4.69, 9.17) is 0 Å². The van der Waals surface area contributed by atoms with Crippen LogP contribution >= 0.6 is 27.7 Å². The summed E-state index contributed by atoms with van der Waals surface area (Å²) < 4.78 is 0. The molecule has 1 rings (SSSR count). The summed E-state index contributed by atoms with van der Waals surface area (Å²) in [6.07, 6.45) is 4.33. The molecule has 0 bridgehead atoms. The first-order valence-corrected chi connectivity index (χ1v) is 6.53. The van der Waals surface area contributed by atoms with Crippen molar-refractivity contribution in [3.8, 4) is 0 Å². The maximum absolute atomic E-state index is 3.59. The zero-order valence-corrected chi connectivity index (χ0v) is 9.80. The van der Waals surface area contributed by atoms with Crippen LogP contribution < -0.4 is 0 Å². The van der Waals surface area contributed by atoms with E-state index >= 15 is 0 Å². The molecule has 1 fully saturated rings. The van der Waals surface area contributed by atoms with Gasteiger partial charge in [0.15, 0.2) is 0 Å². The Balaban J connectivity index is 2.03. The molecule has 0 aliphatic heterocycles. The van der Waals surface area contributed by atoms with E-state index in [1.807, 2.05) is 0 Å². The van der Waals surface area contributed by atoms with Crippen LogP contribution in [0, 0.1) is 5.41 Å². The van der Waals surface area contributed by atoms with E-state index in [1.54, 1.807) is 0 Å². The first-order valence-electron chi connectivity index (χ1n) is 4.36. The van der Waals surface area contributed by atoms with Crippen LogP contribution in [0.5, 0.6) is 0 Å². The molecule has 0 aromatic carbocycles. The van der Waals surface area contributed by atoms with E-state index in [0.717, 1.165) is 10.7 Å². The van der Waals surface area contributed by atoms with Crippen molar-refractivity contribution in [2.24, 2.45) is 5.41 Å². The average molecular weight is 237 g/mol. The van der Waals surface area contributed by atoms with Gasteiger partial charge in [-0.3, -0.25) is 0 Å². The summed E-state index contributed by atoms with van der Waals surface area (Å²) in [5, 5.41) is 2.03. The lowest BCUT2D eigenvalue weighted by molar-refractivity contribution is 0.572. The topological polar surface area (TPSA) is 0 Å². The van der Waals surface area contributed by atoms with Gasteiger partial charge in [0.1, 0.15) is 0 Å². The Labute approximate surface area is 82.6 Å². The maximum atomic E-state index is 3.59. The van der Waals surface area contributed by atoms with Gasteiger partial charge in [0.2, 0.25) is 0 Å². The normalized spacial score (nSPS) is 20.7. The predicted octanol–water partition coefficient (Wildman–Crippen LogP) is 3.69. The molecule has 0 heterocycles. The van der Waals surface area contributed by atoms with Crippen LogP contribution in [-0.4, -0.2) is 16.3 Å². The van der Waals surface area contributed by atoms with E-state index < -0.39 is 0 Å². The number of thioether (sulfide) groups is 1. The van der Waals surface area contributed by atoms with Gasteiger partial charge in [0.05, 0.1) is 0 Å². The van der Waals surface area contributed by atoms with E-state index in [-0.39, 0.29) is 0 Å². The molecule has 0 aromatic rings. The largest absolute Gasteiger partial charge is 0.159 e. The highest BCUT2D eigenvalue weighted by Crippen LogP contribution is 2.50. The van der Waals surface area contributed by atoms with Crippen molar-refractivity contribution in [1.82, 2.24) is 0 Å². The van der Waals surface area contributed by atoms with Crippen LogP contribution in [0.1, 0.15) is 33.1 Å². The summed E-state index contributed by atoms with van der Waals surface area (Å²) in [6, 6.07) is 0. The maximum Gasteiger partial charge on any atom is 0.00882 e. The molecule has 0 atom stereocenters. The van der Waals surface area contributed by atoms with E-state index in [2.05, 4.69) is 41.5 Å². The SMILES string of the molecule is CC(C)SCCC1(CBr)CC1. The molecule has 66 valence electrons. The predicted molar refractivity (Wildman–Crippen MR) is 57.7 cm³/mol. The van der Waals surface area contributed by atoms with Crippen molar-refractivity contribution in [1.29, 1.82) is 0 Å². The molecule has 0 saturated heterocycles. The molecule has 0 amide bonds. The fraction of sp³-hybridized carbons (Fsp3) is 1.00. The molecule has 2 heteroatoms. The lowest BCUT2D eigenvalue weighted by Gasteiger charge is -2.11. The number of rotatable bonds is 5. The van der Waals surface area contributed by atoms with Crippen LogP contribution in [0.15, 0.2) is 0 Å². The first-order chi connectivity index (χ1) is 5.18. The van der Waals surface area contributed by atoms with E-state index in [1.165, 1.54) is 30.3 Å². The van der Waals surface area contributed by atoms with Crippen LogP contribution in [0.25, 0.3) is 0 Å². The number of halogens is 1. The second-order valence-corrected chi connectivity index (χ2v) is 6.05.